The van der Waals surface area contributed by atoms with Crippen LogP contribution in [0.25, 0.3) is 17.0 Å². The van der Waals surface area contributed by atoms with Crippen molar-refractivity contribution in [2.75, 3.05) is 26.0 Å². The van der Waals surface area contributed by atoms with Gasteiger partial charge in [0.25, 0.3) is 5.91 Å². The number of halogens is 1. The van der Waals surface area contributed by atoms with Gasteiger partial charge < -0.3 is 4.90 Å². The van der Waals surface area contributed by atoms with Gasteiger partial charge in [0.1, 0.15) is 11.4 Å². The molecule has 4 rings (SSSR count). The van der Waals surface area contributed by atoms with E-state index < -0.39 is 10.0 Å². The molecule has 0 bridgehead atoms. The van der Waals surface area contributed by atoms with Gasteiger partial charge in [0.15, 0.2) is 0 Å². The molecule has 2 heterocycles. The van der Waals surface area contributed by atoms with Gasteiger partial charge in [-0.25, -0.2) is 22.7 Å². The quantitative estimate of drug-likeness (QED) is 0.446. The summed E-state index contributed by atoms with van der Waals surface area (Å²) in [5, 5.41) is 0.577. The van der Waals surface area contributed by atoms with E-state index in [1.165, 1.54) is 31.1 Å². The molecular formula is C22H20ClN5O3S. The molecule has 0 radical (unpaired) electrons. The highest BCUT2D eigenvalue weighted by Crippen LogP contribution is 2.28. The molecule has 2 aromatic heterocycles. The third kappa shape index (κ3) is 3.86. The summed E-state index contributed by atoms with van der Waals surface area (Å²) in [4.78, 5) is 24.0. The van der Waals surface area contributed by atoms with Crippen LogP contribution in [0.5, 0.6) is 0 Å². The van der Waals surface area contributed by atoms with Crippen LogP contribution >= 0.6 is 11.6 Å². The molecule has 0 aliphatic carbocycles. The highest BCUT2D eigenvalue weighted by molar-refractivity contribution is 7.89. The van der Waals surface area contributed by atoms with Crippen LogP contribution in [-0.4, -0.2) is 54.1 Å². The number of carbonyl (C=O) groups excluding carboxylic acids is 1. The minimum atomic E-state index is -3.56. The number of rotatable bonds is 5. The number of carbonyl (C=O) groups is 1. The summed E-state index contributed by atoms with van der Waals surface area (Å²) in [5.41, 5.74) is 2.07. The Bertz CT molecular complexity index is 1400. The number of nitrogens with zero attached hydrogens (tertiary/aromatic N) is 5. The minimum Gasteiger partial charge on any atom is -0.310 e. The van der Waals surface area contributed by atoms with Crippen molar-refractivity contribution in [2.24, 2.45) is 0 Å². The van der Waals surface area contributed by atoms with Crippen LogP contribution in [0.2, 0.25) is 5.02 Å². The molecular weight excluding hydrogens is 450 g/mol. The zero-order valence-electron chi connectivity index (χ0n) is 17.6. The Morgan fingerprint density at radius 2 is 1.66 bits per heavy atom. The zero-order chi connectivity index (χ0) is 23.0. The number of anilines is 1. The second-order valence-corrected chi connectivity index (χ2v) is 9.84. The number of amides is 1. The average Bonchev–Trinajstić information content (AvgIpc) is 3.18. The Hall–Kier alpha value is -3.27. The summed E-state index contributed by atoms with van der Waals surface area (Å²) < 4.78 is 27.4. The lowest BCUT2D eigenvalue weighted by Crippen LogP contribution is -2.28. The van der Waals surface area contributed by atoms with Gasteiger partial charge in [-0.2, -0.15) is 0 Å². The molecule has 8 nitrogen and oxygen atoms in total. The van der Waals surface area contributed by atoms with E-state index in [9.17, 15) is 13.2 Å². The van der Waals surface area contributed by atoms with Crippen molar-refractivity contribution >= 4 is 39.0 Å². The van der Waals surface area contributed by atoms with Crippen LogP contribution in [0.3, 0.4) is 0 Å². The highest BCUT2D eigenvalue weighted by atomic mass is 35.5. The maximum absolute atomic E-state index is 13.6. The van der Waals surface area contributed by atoms with Crippen LogP contribution in [0.4, 0.5) is 5.69 Å². The number of hydrogen-bond acceptors (Lipinski definition) is 5. The molecule has 10 heteroatoms. The lowest BCUT2D eigenvalue weighted by Gasteiger charge is -2.19. The standard InChI is InChI=1S/C22H20ClN5O3S/c1-26(2)32(30,31)18-11-9-17(10-12-18)27(3)21(29)20-19(15-5-7-16(23)8-6-15)25-22-24-13-4-14-28(20)22/h4-14H,1-3H3. The maximum Gasteiger partial charge on any atom is 0.277 e. The van der Waals surface area contributed by atoms with E-state index in [0.717, 1.165) is 9.87 Å². The maximum atomic E-state index is 13.6. The van der Waals surface area contributed by atoms with Crippen LogP contribution in [0.1, 0.15) is 10.5 Å². The summed E-state index contributed by atoms with van der Waals surface area (Å²) in [6.07, 6.45) is 3.33. The van der Waals surface area contributed by atoms with Gasteiger partial charge in [-0.05, 0) is 42.5 Å². The predicted molar refractivity (Wildman–Crippen MR) is 123 cm³/mol. The largest absolute Gasteiger partial charge is 0.310 e. The molecule has 0 aliphatic rings. The fourth-order valence-corrected chi connectivity index (χ4v) is 4.26. The highest BCUT2D eigenvalue weighted by Gasteiger charge is 2.25. The Morgan fingerprint density at radius 3 is 2.28 bits per heavy atom. The molecule has 164 valence electrons. The fourth-order valence-electron chi connectivity index (χ4n) is 3.23. The normalized spacial score (nSPS) is 11.8. The van der Waals surface area contributed by atoms with E-state index in [2.05, 4.69) is 9.97 Å². The molecule has 1 amide bonds. The van der Waals surface area contributed by atoms with E-state index in [-0.39, 0.29) is 10.8 Å². The third-order valence-corrected chi connectivity index (χ3v) is 7.11. The first-order valence-corrected chi connectivity index (χ1v) is 11.4. The average molecular weight is 470 g/mol. The number of hydrogen-bond donors (Lipinski definition) is 0. The van der Waals surface area contributed by atoms with Crippen molar-refractivity contribution in [2.45, 2.75) is 4.90 Å². The SMILES string of the molecule is CN(C(=O)c1c(-c2ccc(Cl)cc2)nc2ncccn12)c1ccc(S(=O)(=O)N(C)C)cc1. The number of aromatic nitrogens is 3. The molecule has 32 heavy (non-hydrogen) atoms. The molecule has 0 spiro atoms. The van der Waals surface area contributed by atoms with Crippen molar-refractivity contribution < 1.29 is 13.2 Å². The Kier molecular flexibility index (Phi) is 5.72. The number of imidazole rings is 1. The van der Waals surface area contributed by atoms with Crippen LogP contribution in [-0.2, 0) is 10.0 Å². The Labute approximate surface area is 190 Å². The van der Waals surface area contributed by atoms with Crippen molar-refractivity contribution in [3.8, 4) is 11.3 Å². The van der Waals surface area contributed by atoms with E-state index in [0.29, 0.717) is 27.9 Å². The Balaban J connectivity index is 1.77. The monoisotopic (exact) mass is 469 g/mol. The van der Waals surface area contributed by atoms with Gasteiger partial charge in [-0.3, -0.25) is 9.20 Å². The first kappa shape index (κ1) is 21.9. The van der Waals surface area contributed by atoms with Gasteiger partial charge in [0.05, 0.1) is 4.90 Å². The van der Waals surface area contributed by atoms with Crippen molar-refractivity contribution in [3.05, 3.63) is 77.7 Å². The minimum absolute atomic E-state index is 0.146. The Morgan fingerprint density at radius 1 is 1.00 bits per heavy atom. The number of sulfonamides is 1. The third-order valence-electron chi connectivity index (χ3n) is 5.03. The van der Waals surface area contributed by atoms with E-state index in [1.54, 1.807) is 66.3 Å². The number of fused-ring (bicyclic) bond motifs is 1. The van der Waals surface area contributed by atoms with Crippen LogP contribution in [0, 0.1) is 0 Å². The molecule has 4 aromatic rings. The zero-order valence-corrected chi connectivity index (χ0v) is 19.2. The lowest BCUT2D eigenvalue weighted by molar-refractivity contribution is 0.0988. The molecule has 0 saturated carbocycles. The van der Waals surface area contributed by atoms with Crippen molar-refractivity contribution in [3.63, 3.8) is 0 Å². The van der Waals surface area contributed by atoms with E-state index in [4.69, 9.17) is 11.6 Å². The molecule has 0 saturated heterocycles. The molecule has 0 fully saturated rings. The fraction of sp³-hybridized carbons (Fsp3) is 0.136. The lowest BCUT2D eigenvalue weighted by atomic mass is 10.1. The second kappa shape index (κ2) is 8.34. The van der Waals surface area contributed by atoms with Gasteiger partial charge in [0, 0.05) is 49.8 Å². The summed E-state index contributed by atoms with van der Waals surface area (Å²) in [5.74, 6) is 0.0697. The molecule has 0 aliphatic heterocycles. The summed E-state index contributed by atoms with van der Waals surface area (Å²) in [7, 11) is 0.999. The smallest absolute Gasteiger partial charge is 0.277 e. The van der Waals surface area contributed by atoms with Gasteiger partial charge in [-0.15, -0.1) is 0 Å². The van der Waals surface area contributed by atoms with Crippen molar-refractivity contribution in [1.29, 1.82) is 0 Å². The molecule has 0 atom stereocenters. The summed E-state index contributed by atoms with van der Waals surface area (Å²) >= 11 is 6.02. The number of benzene rings is 2. The van der Waals surface area contributed by atoms with Gasteiger partial charge in [0.2, 0.25) is 15.8 Å². The van der Waals surface area contributed by atoms with Gasteiger partial charge >= 0.3 is 0 Å². The summed E-state index contributed by atoms with van der Waals surface area (Å²) in [6.45, 7) is 0. The topological polar surface area (TPSA) is 87.9 Å². The first-order chi connectivity index (χ1) is 15.2. The molecule has 2 aromatic carbocycles. The predicted octanol–water partition coefficient (Wildman–Crippen LogP) is 3.58. The van der Waals surface area contributed by atoms with E-state index >= 15 is 0 Å². The van der Waals surface area contributed by atoms with E-state index in [1.807, 2.05) is 0 Å². The van der Waals surface area contributed by atoms with Crippen molar-refractivity contribution in [1.82, 2.24) is 18.7 Å². The van der Waals surface area contributed by atoms with Crippen LogP contribution in [0.15, 0.2) is 71.9 Å². The second-order valence-electron chi connectivity index (χ2n) is 7.25. The van der Waals surface area contributed by atoms with Crippen LogP contribution < -0.4 is 4.90 Å². The first-order valence-electron chi connectivity index (χ1n) is 9.60. The molecule has 0 N–H and O–H groups in total. The molecule has 0 unspecified atom stereocenters. The summed E-state index contributed by atoms with van der Waals surface area (Å²) in [6, 6.07) is 14.9. The van der Waals surface area contributed by atoms with Gasteiger partial charge in [-0.1, -0.05) is 23.7 Å².